The van der Waals surface area contributed by atoms with Crippen molar-refractivity contribution in [2.75, 3.05) is 23.7 Å². The lowest BCUT2D eigenvalue weighted by Gasteiger charge is -2.38. The van der Waals surface area contributed by atoms with Gasteiger partial charge in [-0.15, -0.1) is 0 Å². The lowest BCUT2D eigenvalue weighted by molar-refractivity contribution is 0.280. The fourth-order valence-corrected chi connectivity index (χ4v) is 2.18. The van der Waals surface area contributed by atoms with Crippen molar-refractivity contribution in [2.45, 2.75) is 26.7 Å². The Balaban J connectivity index is 2.21. The van der Waals surface area contributed by atoms with E-state index in [0.29, 0.717) is 16.8 Å². The first-order chi connectivity index (χ1) is 7.89. The van der Waals surface area contributed by atoms with Gasteiger partial charge in [0.15, 0.2) is 11.6 Å². The molecule has 94 valence electrons. The third kappa shape index (κ3) is 2.51. The fraction of sp³-hybridized carbons (Fsp3) is 0.538. The van der Waals surface area contributed by atoms with E-state index in [-0.39, 0.29) is 0 Å². The first-order valence-corrected chi connectivity index (χ1v) is 5.88. The van der Waals surface area contributed by atoms with Gasteiger partial charge in [0.1, 0.15) is 0 Å². The van der Waals surface area contributed by atoms with Crippen LogP contribution in [0.3, 0.4) is 0 Å². The van der Waals surface area contributed by atoms with Gasteiger partial charge in [0.2, 0.25) is 0 Å². The summed E-state index contributed by atoms with van der Waals surface area (Å²) in [5.74, 6) is -1.72. The molecule has 0 unspecified atom stereocenters. The summed E-state index contributed by atoms with van der Waals surface area (Å²) in [4.78, 5) is 2.03. The molecule has 0 radical (unpaired) electrons. The number of anilines is 2. The maximum atomic E-state index is 13.2. The van der Waals surface area contributed by atoms with Crippen molar-refractivity contribution >= 4 is 11.4 Å². The van der Waals surface area contributed by atoms with Gasteiger partial charge in [-0.1, -0.05) is 13.8 Å². The Hall–Kier alpha value is -1.32. The zero-order valence-corrected chi connectivity index (χ0v) is 10.3. The Morgan fingerprint density at radius 1 is 1.12 bits per heavy atom. The van der Waals surface area contributed by atoms with Gasteiger partial charge >= 0.3 is 0 Å². The van der Waals surface area contributed by atoms with E-state index < -0.39 is 11.6 Å². The second-order valence-corrected chi connectivity index (χ2v) is 5.48. The van der Waals surface area contributed by atoms with Crippen LogP contribution in [0.1, 0.15) is 26.7 Å². The highest BCUT2D eigenvalue weighted by molar-refractivity contribution is 5.67. The van der Waals surface area contributed by atoms with Crippen molar-refractivity contribution in [3.63, 3.8) is 0 Å². The predicted octanol–water partition coefficient (Wildman–Crippen LogP) is 3.17. The highest BCUT2D eigenvalue weighted by atomic mass is 19.2. The summed E-state index contributed by atoms with van der Waals surface area (Å²) in [6.45, 7) is 6.11. The largest absolute Gasteiger partial charge is 0.397 e. The Labute approximate surface area is 100 Å². The number of nitrogens with two attached hydrogens (primary N) is 1. The predicted molar refractivity (Wildman–Crippen MR) is 66.0 cm³/mol. The van der Waals surface area contributed by atoms with E-state index in [0.717, 1.165) is 32.0 Å². The normalized spacial score (nSPS) is 19.4. The fourth-order valence-electron chi connectivity index (χ4n) is 2.18. The van der Waals surface area contributed by atoms with Crippen LogP contribution in [0.25, 0.3) is 0 Å². The van der Waals surface area contributed by atoms with Crippen LogP contribution in [-0.2, 0) is 0 Å². The zero-order valence-electron chi connectivity index (χ0n) is 10.3. The van der Waals surface area contributed by atoms with Crippen LogP contribution in [0.15, 0.2) is 12.1 Å². The minimum atomic E-state index is -0.886. The van der Waals surface area contributed by atoms with Gasteiger partial charge in [0.25, 0.3) is 0 Å². The summed E-state index contributed by atoms with van der Waals surface area (Å²) < 4.78 is 26.2. The smallest absolute Gasteiger partial charge is 0.161 e. The molecule has 0 bridgehead atoms. The highest BCUT2D eigenvalue weighted by Crippen LogP contribution is 2.34. The van der Waals surface area contributed by atoms with Crippen molar-refractivity contribution in [3.05, 3.63) is 23.8 Å². The molecule has 0 atom stereocenters. The molecule has 0 amide bonds. The monoisotopic (exact) mass is 240 g/mol. The van der Waals surface area contributed by atoms with Crippen molar-refractivity contribution in [1.29, 1.82) is 0 Å². The standard InChI is InChI=1S/C13H18F2N2/c1-13(2)3-5-17(6-4-13)12-8-10(15)9(14)7-11(12)16/h7-8H,3-6,16H2,1-2H3. The molecule has 1 aromatic rings. The molecule has 17 heavy (non-hydrogen) atoms. The van der Waals surface area contributed by atoms with Gasteiger partial charge < -0.3 is 10.6 Å². The molecule has 1 heterocycles. The Morgan fingerprint density at radius 2 is 1.65 bits per heavy atom. The number of nitrogens with zero attached hydrogens (tertiary/aromatic N) is 1. The van der Waals surface area contributed by atoms with Gasteiger partial charge in [-0.2, -0.15) is 0 Å². The summed E-state index contributed by atoms with van der Waals surface area (Å²) in [6.07, 6.45) is 2.07. The molecule has 2 rings (SSSR count). The third-order valence-corrected chi connectivity index (χ3v) is 3.53. The van der Waals surface area contributed by atoms with Crippen molar-refractivity contribution in [3.8, 4) is 0 Å². The van der Waals surface area contributed by atoms with Crippen LogP contribution < -0.4 is 10.6 Å². The van der Waals surface area contributed by atoms with Gasteiger partial charge in [-0.05, 0) is 18.3 Å². The maximum absolute atomic E-state index is 13.2. The van der Waals surface area contributed by atoms with E-state index in [4.69, 9.17) is 5.73 Å². The summed E-state index contributed by atoms with van der Waals surface area (Å²) in [5, 5.41) is 0. The summed E-state index contributed by atoms with van der Waals surface area (Å²) in [5.41, 5.74) is 6.98. The maximum Gasteiger partial charge on any atom is 0.161 e. The lowest BCUT2D eigenvalue weighted by Crippen LogP contribution is -2.37. The van der Waals surface area contributed by atoms with E-state index in [9.17, 15) is 8.78 Å². The molecule has 1 aromatic carbocycles. The summed E-state index contributed by atoms with van der Waals surface area (Å²) in [7, 11) is 0. The number of piperidine rings is 1. The van der Waals surface area contributed by atoms with E-state index in [1.165, 1.54) is 6.07 Å². The van der Waals surface area contributed by atoms with Crippen molar-refractivity contribution < 1.29 is 8.78 Å². The Bertz CT molecular complexity index is 420. The third-order valence-electron chi connectivity index (χ3n) is 3.53. The Morgan fingerprint density at radius 3 is 2.24 bits per heavy atom. The molecule has 0 aromatic heterocycles. The minimum absolute atomic E-state index is 0.309. The zero-order chi connectivity index (χ0) is 12.6. The van der Waals surface area contributed by atoms with E-state index in [1.807, 2.05) is 4.90 Å². The number of benzene rings is 1. The first kappa shape index (κ1) is 12.1. The molecule has 2 nitrogen and oxygen atoms in total. The summed E-state index contributed by atoms with van der Waals surface area (Å²) >= 11 is 0. The van der Waals surface area contributed by atoms with Gasteiger partial charge in [-0.3, -0.25) is 0 Å². The van der Waals surface area contributed by atoms with Crippen LogP contribution >= 0.6 is 0 Å². The van der Waals surface area contributed by atoms with Crippen molar-refractivity contribution in [1.82, 2.24) is 0 Å². The molecule has 1 aliphatic heterocycles. The first-order valence-electron chi connectivity index (χ1n) is 5.88. The molecule has 4 heteroatoms. The van der Waals surface area contributed by atoms with Crippen LogP contribution in [-0.4, -0.2) is 13.1 Å². The average Bonchev–Trinajstić information content (AvgIpc) is 2.24. The van der Waals surface area contributed by atoms with Gasteiger partial charge in [-0.25, -0.2) is 8.78 Å². The summed E-state index contributed by atoms with van der Waals surface area (Å²) in [6, 6.07) is 2.26. The number of rotatable bonds is 1. The molecule has 1 saturated heterocycles. The van der Waals surface area contributed by atoms with Crippen molar-refractivity contribution in [2.24, 2.45) is 5.41 Å². The van der Waals surface area contributed by atoms with Gasteiger partial charge in [0.05, 0.1) is 11.4 Å². The van der Waals surface area contributed by atoms with Crippen LogP contribution in [0, 0.1) is 17.0 Å². The molecule has 1 aliphatic rings. The highest BCUT2D eigenvalue weighted by Gasteiger charge is 2.26. The number of halogens is 2. The van der Waals surface area contributed by atoms with E-state index in [1.54, 1.807) is 0 Å². The molecule has 1 fully saturated rings. The molecule has 0 spiro atoms. The number of hydrogen-bond acceptors (Lipinski definition) is 2. The molecule has 0 saturated carbocycles. The lowest BCUT2D eigenvalue weighted by atomic mass is 9.82. The SMILES string of the molecule is CC1(C)CCN(c2cc(F)c(F)cc2N)CC1. The van der Waals surface area contributed by atoms with Crippen LogP contribution in [0.5, 0.6) is 0 Å². The minimum Gasteiger partial charge on any atom is -0.397 e. The molecule has 2 N–H and O–H groups in total. The van der Waals surface area contributed by atoms with E-state index >= 15 is 0 Å². The van der Waals surface area contributed by atoms with E-state index in [2.05, 4.69) is 13.8 Å². The Kier molecular flexibility index (Phi) is 2.98. The van der Waals surface area contributed by atoms with Crippen LogP contribution in [0.2, 0.25) is 0 Å². The average molecular weight is 240 g/mol. The second-order valence-electron chi connectivity index (χ2n) is 5.48. The molecular weight excluding hydrogens is 222 g/mol. The van der Waals surface area contributed by atoms with Crippen LogP contribution in [0.4, 0.5) is 20.2 Å². The molecule has 0 aliphatic carbocycles. The quantitative estimate of drug-likeness (QED) is 0.764. The second kappa shape index (κ2) is 4.17. The van der Waals surface area contributed by atoms with Gasteiger partial charge in [0, 0.05) is 25.2 Å². The number of hydrogen-bond donors (Lipinski definition) is 1. The topological polar surface area (TPSA) is 29.3 Å². The molecular formula is C13H18F2N2. The number of nitrogen functional groups attached to an aromatic ring is 1.